The summed E-state index contributed by atoms with van der Waals surface area (Å²) in [5, 5.41) is 10.6. The van der Waals surface area contributed by atoms with Crippen molar-refractivity contribution in [2.45, 2.75) is 451 Å². The van der Waals surface area contributed by atoms with Crippen LogP contribution in [-0.4, -0.2) is 96.7 Å². The van der Waals surface area contributed by atoms with Gasteiger partial charge in [-0.1, -0.05) is 381 Å². The third-order valence-corrected chi connectivity index (χ3v) is 20.9. The topological polar surface area (TPSA) is 237 Å². The molecule has 0 fully saturated rings. The maximum absolute atomic E-state index is 13.1. The number of aliphatic hydroxyl groups excluding tert-OH is 1. The molecule has 0 spiro atoms. The van der Waals surface area contributed by atoms with Crippen LogP contribution >= 0.6 is 15.6 Å². The molecular weight excluding hydrogens is 1310 g/mol. The first kappa shape index (κ1) is 98.1. The number of unbranched alkanes of at least 4 members (excludes halogenated alkanes) is 53. The van der Waals surface area contributed by atoms with Crippen molar-refractivity contribution < 1.29 is 80.2 Å². The number of phosphoric ester groups is 2. The third-order valence-electron chi connectivity index (χ3n) is 19.0. The molecule has 19 heteroatoms. The Bertz CT molecular complexity index is 1910. The number of ether oxygens (including phenoxy) is 4. The summed E-state index contributed by atoms with van der Waals surface area (Å²) in [4.78, 5) is 72.9. The van der Waals surface area contributed by atoms with Gasteiger partial charge < -0.3 is 33.8 Å². The van der Waals surface area contributed by atoms with Crippen molar-refractivity contribution in [2.24, 2.45) is 5.92 Å². The number of aliphatic hydroxyl groups is 1. The minimum absolute atomic E-state index is 0.106. The first-order valence-electron chi connectivity index (χ1n) is 42.1. The summed E-state index contributed by atoms with van der Waals surface area (Å²) >= 11 is 0. The molecule has 0 aromatic rings. The van der Waals surface area contributed by atoms with E-state index in [9.17, 15) is 43.2 Å². The second-order valence-electron chi connectivity index (χ2n) is 29.6. The van der Waals surface area contributed by atoms with E-state index in [0.717, 1.165) is 102 Å². The van der Waals surface area contributed by atoms with E-state index < -0.39 is 97.5 Å². The first-order chi connectivity index (χ1) is 48.5. The van der Waals surface area contributed by atoms with Crippen LogP contribution in [-0.2, 0) is 65.4 Å². The van der Waals surface area contributed by atoms with Gasteiger partial charge in [0.1, 0.15) is 19.3 Å². The van der Waals surface area contributed by atoms with E-state index in [1.54, 1.807) is 0 Å². The van der Waals surface area contributed by atoms with Crippen LogP contribution in [0.4, 0.5) is 0 Å². The average molecular weight is 1470 g/mol. The summed E-state index contributed by atoms with van der Waals surface area (Å²) in [6, 6.07) is 0. The molecule has 0 amide bonds. The fourth-order valence-corrected chi connectivity index (χ4v) is 14.2. The molecule has 594 valence electrons. The molecule has 100 heavy (non-hydrogen) atoms. The second kappa shape index (κ2) is 73.9. The standard InChI is InChI=1S/C81H158O17P2/c1-6-9-12-15-18-21-23-25-27-29-30-31-32-33-35-37-39-41-46-51-56-61-66-80(85)98-77(71-92-79(84)65-60-55-50-45-40-38-36-34-28-26-24-22-19-16-13-10-7-2)73-96-100(89,90)94-69-75(82)68-93-99(87,88)95-72-76(70-91-78(83)64-59-54-49-20-17-14-11-8-3)97-81(86)67-62-57-52-47-43-42-44-48-53-58-63-74(4)5/h74-77,82H,6-73H2,1-5H3,(H,87,88)(H,89,90)/t75-,76+,77+/m0/s1. The van der Waals surface area contributed by atoms with Crippen molar-refractivity contribution >= 4 is 39.5 Å². The Morgan fingerprint density at radius 3 is 0.680 bits per heavy atom. The van der Waals surface area contributed by atoms with Crippen LogP contribution in [0.3, 0.4) is 0 Å². The molecule has 0 aromatic carbocycles. The molecular formula is C81H158O17P2. The van der Waals surface area contributed by atoms with E-state index in [0.29, 0.717) is 25.7 Å². The molecule has 0 bridgehead atoms. The van der Waals surface area contributed by atoms with Crippen molar-refractivity contribution in [3.05, 3.63) is 0 Å². The Hall–Kier alpha value is -1.94. The van der Waals surface area contributed by atoms with Crippen molar-refractivity contribution in [3.8, 4) is 0 Å². The van der Waals surface area contributed by atoms with Gasteiger partial charge in [0.15, 0.2) is 12.2 Å². The van der Waals surface area contributed by atoms with E-state index in [4.69, 9.17) is 37.0 Å². The molecule has 0 aromatic heterocycles. The smallest absolute Gasteiger partial charge is 0.462 e. The molecule has 0 aliphatic carbocycles. The zero-order chi connectivity index (χ0) is 73.4. The molecule has 0 saturated heterocycles. The van der Waals surface area contributed by atoms with Gasteiger partial charge in [-0.2, -0.15) is 0 Å². The summed E-state index contributed by atoms with van der Waals surface area (Å²) in [7, 11) is -9.91. The molecule has 5 atom stereocenters. The van der Waals surface area contributed by atoms with E-state index in [2.05, 4.69) is 34.6 Å². The Labute approximate surface area is 613 Å². The van der Waals surface area contributed by atoms with Crippen LogP contribution in [0.5, 0.6) is 0 Å². The van der Waals surface area contributed by atoms with Crippen LogP contribution in [0.25, 0.3) is 0 Å². The number of carbonyl (C=O) groups excluding carboxylic acids is 4. The zero-order valence-corrected chi connectivity index (χ0v) is 67.1. The number of hydrogen-bond donors (Lipinski definition) is 3. The fraction of sp³-hybridized carbons (Fsp3) is 0.951. The lowest BCUT2D eigenvalue weighted by Crippen LogP contribution is -2.30. The summed E-state index contributed by atoms with van der Waals surface area (Å²) in [5.41, 5.74) is 0. The zero-order valence-electron chi connectivity index (χ0n) is 65.3. The molecule has 0 radical (unpaired) electrons. The monoisotopic (exact) mass is 1470 g/mol. The molecule has 17 nitrogen and oxygen atoms in total. The van der Waals surface area contributed by atoms with E-state index >= 15 is 0 Å². The number of rotatable bonds is 81. The van der Waals surface area contributed by atoms with Crippen molar-refractivity contribution in [1.29, 1.82) is 0 Å². The van der Waals surface area contributed by atoms with Gasteiger partial charge in [0.2, 0.25) is 0 Å². The molecule has 3 N–H and O–H groups in total. The summed E-state index contributed by atoms with van der Waals surface area (Å²) < 4.78 is 68.6. The SMILES string of the molecule is CCCCCCCCCCCCCCCCCCCCCCCCC(=O)O[C@H](COC(=O)CCCCCCCCCCCCCCCCCCC)COP(=O)(O)OC[C@@H](O)COP(=O)(O)OC[C@@H](COC(=O)CCCCCCCCCC)OC(=O)CCCCCCCCCCCCC(C)C. The van der Waals surface area contributed by atoms with Gasteiger partial charge in [-0.25, -0.2) is 9.13 Å². The molecule has 0 saturated carbocycles. The molecule has 0 rings (SSSR count). The van der Waals surface area contributed by atoms with Gasteiger partial charge in [-0.05, 0) is 31.6 Å². The summed E-state index contributed by atoms with van der Waals surface area (Å²) in [5.74, 6) is -1.36. The lowest BCUT2D eigenvalue weighted by atomic mass is 10.0. The maximum atomic E-state index is 13.1. The highest BCUT2D eigenvalue weighted by Crippen LogP contribution is 2.45. The summed E-state index contributed by atoms with van der Waals surface area (Å²) in [6.45, 7) is 7.29. The number of hydrogen-bond acceptors (Lipinski definition) is 15. The fourth-order valence-electron chi connectivity index (χ4n) is 12.6. The van der Waals surface area contributed by atoms with Gasteiger partial charge in [0.25, 0.3) is 0 Å². The highest BCUT2D eigenvalue weighted by Gasteiger charge is 2.30. The van der Waals surface area contributed by atoms with Gasteiger partial charge in [0.05, 0.1) is 26.4 Å². The number of carbonyl (C=O) groups is 4. The Balaban J connectivity index is 5.17. The lowest BCUT2D eigenvalue weighted by molar-refractivity contribution is -0.161. The van der Waals surface area contributed by atoms with Crippen LogP contribution in [0.15, 0.2) is 0 Å². The Kier molecular flexibility index (Phi) is 72.5. The van der Waals surface area contributed by atoms with Crippen LogP contribution in [0.2, 0.25) is 0 Å². The van der Waals surface area contributed by atoms with Crippen molar-refractivity contribution in [1.82, 2.24) is 0 Å². The minimum atomic E-state index is -4.96. The second-order valence-corrected chi connectivity index (χ2v) is 32.5. The van der Waals surface area contributed by atoms with E-state index in [1.807, 2.05) is 0 Å². The predicted octanol–water partition coefficient (Wildman–Crippen LogP) is 24.4. The summed E-state index contributed by atoms with van der Waals surface area (Å²) in [6.07, 6.45) is 65.5. The van der Waals surface area contributed by atoms with Gasteiger partial charge in [-0.15, -0.1) is 0 Å². The Morgan fingerprint density at radius 1 is 0.270 bits per heavy atom. The number of phosphoric acid groups is 2. The molecule has 0 aliphatic heterocycles. The van der Waals surface area contributed by atoms with Crippen molar-refractivity contribution in [2.75, 3.05) is 39.6 Å². The quantitative estimate of drug-likeness (QED) is 0.0222. The van der Waals surface area contributed by atoms with Crippen LogP contribution in [0.1, 0.15) is 433 Å². The van der Waals surface area contributed by atoms with Crippen molar-refractivity contribution in [3.63, 3.8) is 0 Å². The van der Waals surface area contributed by atoms with Gasteiger partial charge in [-0.3, -0.25) is 37.3 Å². The third kappa shape index (κ3) is 74.3. The minimum Gasteiger partial charge on any atom is -0.462 e. The van der Waals surface area contributed by atoms with Gasteiger partial charge >= 0.3 is 39.5 Å². The van der Waals surface area contributed by atoms with E-state index in [1.165, 1.54) is 250 Å². The normalized spacial score (nSPS) is 13.8. The van der Waals surface area contributed by atoms with Gasteiger partial charge in [0, 0.05) is 25.7 Å². The Morgan fingerprint density at radius 2 is 0.460 bits per heavy atom. The molecule has 2 unspecified atom stereocenters. The van der Waals surface area contributed by atoms with Crippen LogP contribution < -0.4 is 0 Å². The number of esters is 4. The van der Waals surface area contributed by atoms with E-state index in [-0.39, 0.29) is 25.7 Å². The highest BCUT2D eigenvalue weighted by atomic mass is 31.2. The molecule has 0 aliphatic rings. The largest absolute Gasteiger partial charge is 0.472 e. The highest BCUT2D eigenvalue weighted by molar-refractivity contribution is 7.47. The maximum Gasteiger partial charge on any atom is 0.472 e. The first-order valence-corrected chi connectivity index (χ1v) is 45.1. The van der Waals surface area contributed by atoms with Crippen LogP contribution in [0, 0.1) is 5.92 Å². The lowest BCUT2D eigenvalue weighted by Gasteiger charge is -2.21. The predicted molar refractivity (Wildman–Crippen MR) is 409 cm³/mol. The average Bonchev–Trinajstić information content (AvgIpc) is 0.933. The molecule has 0 heterocycles.